The summed E-state index contributed by atoms with van der Waals surface area (Å²) in [4.78, 5) is 0. The average molecular weight is 263 g/mol. The fraction of sp³-hybridized carbons (Fsp3) is 0.533. The maximum atomic E-state index is 8.89. The molecule has 4 nitrogen and oxygen atoms in total. The Kier molecular flexibility index (Phi) is 8.45. The van der Waals surface area contributed by atoms with E-state index in [2.05, 4.69) is 13.0 Å². The predicted octanol–water partition coefficient (Wildman–Crippen LogP) is 2.77. The average Bonchev–Trinajstić information content (AvgIpc) is 2.46. The molecule has 0 aliphatic carbocycles. The van der Waals surface area contributed by atoms with Gasteiger partial charge in [-0.1, -0.05) is 19.1 Å². The molecule has 1 aromatic rings. The molecular formula is C15H21NO3. The normalized spacial score (nSPS) is 10.1. The number of hydrogen-bond acceptors (Lipinski definition) is 4. The smallest absolute Gasteiger partial charge is 0.137 e. The molecule has 0 aromatic heterocycles. The molecule has 0 radical (unpaired) electrons. The van der Waals surface area contributed by atoms with Gasteiger partial charge in [0.2, 0.25) is 0 Å². The first kappa shape index (κ1) is 15.5. The van der Waals surface area contributed by atoms with Gasteiger partial charge in [0.15, 0.2) is 0 Å². The van der Waals surface area contributed by atoms with Crippen molar-refractivity contribution < 1.29 is 14.2 Å². The van der Waals surface area contributed by atoms with Crippen molar-refractivity contribution in [2.24, 2.45) is 0 Å². The molecule has 0 fully saturated rings. The van der Waals surface area contributed by atoms with Crippen LogP contribution in [-0.2, 0) is 9.47 Å². The largest absolute Gasteiger partial charge is 0.492 e. The molecule has 0 heterocycles. The van der Waals surface area contributed by atoms with E-state index in [1.54, 1.807) is 12.1 Å². The number of nitriles is 1. The van der Waals surface area contributed by atoms with Crippen LogP contribution < -0.4 is 4.74 Å². The second kappa shape index (κ2) is 10.4. The second-order valence-electron chi connectivity index (χ2n) is 4.03. The molecule has 4 heteroatoms. The maximum absolute atomic E-state index is 8.89. The summed E-state index contributed by atoms with van der Waals surface area (Å²) in [6.45, 7) is 5.33. The van der Waals surface area contributed by atoms with Crippen LogP contribution in [0.15, 0.2) is 24.3 Å². The Morgan fingerprint density at radius 1 is 1.00 bits per heavy atom. The summed E-state index contributed by atoms with van der Waals surface area (Å²) in [5.74, 6) is 0.635. The van der Waals surface area contributed by atoms with E-state index in [-0.39, 0.29) is 0 Å². The van der Waals surface area contributed by atoms with Gasteiger partial charge in [0.05, 0.1) is 25.4 Å². The molecule has 19 heavy (non-hydrogen) atoms. The van der Waals surface area contributed by atoms with E-state index in [4.69, 9.17) is 19.5 Å². The third-order valence-corrected chi connectivity index (χ3v) is 2.42. The van der Waals surface area contributed by atoms with Crippen LogP contribution >= 0.6 is 0 Å². The zero-order chi connectivity index (χ0) is 13.8. The van der Waals surface area contributed by atoms with Gasteiger partial charge in [-0.15, -0.1) is 0 Å². The van der Waals surface area contributed by atoms with Crippen LogP contribution in [-0.4, -0.2) is 33.0 Å². The molecule has 0 saturated carbocycles. The van der Waals surface area contributed by atoms with Gasteiger partial charge >= 0.3 is 0 Å². The lowest BCUT2D eigenvalue weighted by Gasteiger charge is -2.08. The topological polar surface area (TPSA) is 51.5 Å². The molecule has 1 aromatic carbocycles. The number of hydrogen-bond donors (Lipinski definition) is 0. The number of para-hydroxylation sites is 1. The zero-order valence-corrected chi connectivity index (χ0v) is 11.4. The Morgan fingerprint density at radius 3 is 2.47 bits per heavy atom. The van der Waals surface area contributed by atoms with Gasteiger partial charge in [-0.2, -0.15) is 5.26 Å². The number of benzene rings is 1. The summed E-state index contributed by atoms with van der Waals surface area (Å²) >= 11 is 0. The van der Waals surface area contributed by atoms with Crippen LogP contribution in [0.25, 0.3) is 0 Å². The van der Waals surface area contributed by atoms with Gasteiger partial charge in [-0.05, 0) is 18.6 Å². The van der Waals surface area contributed by atoms with Crippen molar-refractivity contribution in [2.75, 3.05) is 33.0 Å². The molecule has 0 aliphatic rings. The molecule has 1 rings (SSSR count). The molecule has 0 saturated heterocycles. The van der Waals surface area contributed by atoms with Gasteiger partial charge in [-0.3, -0.25) is 0 Å². The summed E-state index contributed by atoms with van der Waals surface area (Å²) in [6, 6.07) is 9.34. The highest BCUT2D eigenvalue weighted by Gasteiger charge is 2.00. The van der Waals surface area contributed by atoms with E-state index in [0.717, 1.165) is 19.4 Å². The molecule has 0 amide bonds. The van der Waals surface area contributed by atoms with E-state index >= 15 is 0 Å². The highest BCUT2D eigenvalue weighted by Crippen LogP contribution is 2.16. The summed E-state index contributed by atoms with van der Waals surface area (Å²) in [6.07, 6.45) is 1.83. The lowest BCUT2D eigenvalue weighted by molar-refractivity contribution is 0.0438. The fourth-order valence-electron chi connectivity index (χ4n) is 1.49. The van der Waals surface area contributed by atoms with Crippen LogP contribution in [0.3, 0.4) is 0 Å². The Balaban J connectivity index is 2.03. The lowest BCUT2D eigenvalue weighted by atomic mass is 10.2. The standard InChI is InChI=1S/C15H21NO3/c1-2-8-17-11-12-18-9-5-10-19-15-7-4-3-6-14(15)13-16/h3-4,6-7H,2,5,8-12H2,1H3. The molecule has 0 aliphatic heterocycles. The molecular weight excluding hydrogens is 242 g/mol. The van der Waals surface area contributed by atoms with Gasteiger partial charge in [-0.25, -0.2) is 0 Å². The summed E-state index contributed by atoms with van der Waals surface area (Å²) in [5, 5.41) is 8.89. The summed E-state index contributed by atoms with van der Waals surface area (Å²) in [5.41, 5.74) is 0.566. The van der Waals surface area contributed by atoms with Crippen molar-refractivity contribution in [3.05, 3.63) is 29.8 Å². The highest BCUT2D eigenvalue weighted by molar-refractivity contribution is 5.42. The first-order chi connectivity index (χ1) is 9.38. The minimum absolute atomic E-state index is 0.550. The monoisotopic (exact) mass is 263 g/mol. The third kappa shape index (κ3) is 6.80. The van der Waals surface area contributed by atoms with E-state index in [1.165, 1.54) is 0 Å². The van der Waals surface area contributed by atoms with Crippen molar-refractivity contribution in [1.29, 1.82) is 5.26 Å². The van der Waals surface area contributed by atoms with Crippen molar-refractivity contribution in [2.45, 2.75) is 19.8 Å². The van der Waals surface area contributed by atoms with E-state index in [0.29, 0.717) is 37.7 Å². The van der Waals surface area contributed by atoms with Crippen molar-refractivity contribution in [1.82, 2.24) is 0 Å². The van der Waals surface area contributed by atoms with Crippen LogP contribution in [0.5, 0.6) is 5.75 Å². The van der Waals surface area contributed by atoms with Crippen molar-refractivity contribution >= 4 is 0 Å². The fourth-order valence-corrected chi connectivity index (χ4v) is 1.49. The van der Waals surface area contributed by atoms with Gasteiger partial charge in [0, 0.05) is 19.6 Å². The first-order valence-corrected chi connectivity index (χ1v) is 6.66. The van der Waals surface area contributed by atoms with Crippen LogP contribution in [0.1, 0.15) is 25.3 Å². The lowest BCUT2D eigenvalue weighted by Crippen LogP contribution is -2.08. The Bertz CT molecular complexity index is 387. The molecule has 0 atom stereocenters. The molecule has 0 bridgehead atoms. The van der Waals surface area contributed by atoms with Crippen LogP contribution in [0.2, 0.25) is 0 Å². The van der Waals surface area contributed by atoms with Crippen molar-refractivity contribution in [3.63, 3.8) is 0 Å². The van der Waals surface area contributed by atoms with E-state index in [1.807, 2.05) is 12.1 Å². The van der Waals surface area contributed by atoms with E-state index < -0.39 is 0 Å². The predicted molar refractivity (Wildman–Crippen MR) is 73.2 cm³/mol. The Morgan fingerprint density at radius 2 is 1.74 bits per heavy atom. The van der Waals surface area contributed by atoms with Crippen LogP contribution in [0, 0.1) is 11.3 Å². The van der Waals surface area contributed by atoms with E-state index in [9.17, 15) is 0 Å². The highest BCUT2D eigenvalue weighted by atomic mass is 16.5. The zero-order valence-electron chi connectivity index (χ0n) is 11.4. The van der Waals surface area contributed by atoms with Crippen LogP contribution in [0.4, 0.5) is 0 Å². The Hall–Kier alpha value is -1.57. The summed E-state index contributed by atoms with van der Waals surface area (Å²) < 4.78 is 16.2. The van der Waals surface area contributed by atoms with Crippen molar-refractivity contribution in [3.8, 4) is 11.8 Å². The minimum Gasteiger partial charge on any atom is -0.492 e. The van der Waals surface area contributed by atoms with Gasteiger partial charge in [0.1, 0.15) is 11.8 Å². The maximum Gasteiger partial charge on any atom is 0.137 e. The number of nitrogens with zero attached hydrogens (tertiary/aromatic N) is 1. The number of rotatable bonds is 10. The first-order valence-electron chi connectivity index (χ1n) is 6.66. The van der Waals surface area contributed by atoms with Gasteiger partial charge in [0.25, 0.3) is 0 Å². The quantitative estimate of drug-likeness (QED) is 0.609. The summed E-state index contributed by atoms with van der Waals surface area (Å²) in [7, 11) is 0. The Labute approximate surface area is 114 Å². The molecule has 0 spiro atoms. The number of ether oxygens (including phenoxy) is 3. The minimum atomic E-state index is 0.550. The van der Waals surface area contributed by atoms with Gasteiger partial charge < -0.3 is 14.2 Å². The molecule has 104 valence electrons. The molecule has 0 N–H and O–H groups in total. The second-order valence-corrected chi connectivity index (χ2v) is 4.03. The SMILES string of the molecule is CCCOCCOCCCOc1ccccc1C#N. The molecule has 0 unspecified atom stereocenters. The third-order valence-electron chi connectivity index (χ3n) is 2.42.